The van der Waals surface area contributed by atoms with Crippen molar-refractivity contribution in [3.8, 4) is 0 Å². The molecule has 0 radical (unpaired) electrons. The van der Waals surface area contributed by atoms with Crippen LogP contribution in [0.25, 0.3) is 0 Å². The number of ether oxygens (including phenoxy) is 1. The lowest BCUT2D eigenvalue weighted by atomic mass is 10.2. The first-order valence-electron chi connectivity index (χ1n) is 5.12. The van der Waals surface area contributed by atoms with E-state index < -0.39 is 0 Å². The first-order valence-corrected chi connectivity index (χ1v) is 5.12. The van der Waals surface area contributed by atoms with E-state index in [-0.39, 0.29) is 6.61 Å². The van der Waals surface area contributed by atoms with Crippen LogP contribution in [-0.2, 0) is 11.3 Å². The molecule has 0 aromatic carbocycles. The summed E-state index contributed by atoms with van der Waals surface area (Å²) >= 11 is 0. The normalized spacial score (nSPS) is 10.3. The molecular weight excluding hydrogens is 192 g/mol. The van der Waals surface area contributed by atoms with E-state index in [0.29, 0.717) is 6.61 Å². The van der Waals surface area contributed by atoms with Crippen LogP contribution in [0.1, 0.15) is 12.5 Å². The number of hydrogen-bond acceptors (Lipinski definition) is 4. The maximum atomic E-state index is 9.19. The number of methoxy groups -OCH3 is 1. The fraction of sp³-hybridized carbons (Fsp3) is 0.545. The summed E-state index contributed by atoms with van der Waals surface area (Å²) in [4.78, 5) is 6.38. The Hall–Kier alpha value is -1.13. The summed E-state index contributed by atoms with van der Waals surface area (Å²) in [5.74, 6) is 0.847. The lowest BCUT2D eigenvalue weighted by Gasteiger charge is -2.23. The van der Waals surface area contributed by atoms with Crippen LogP contribution in [0.3, 0.4) is 0 Å². The molecule has 0 aliphatic rings. The van der Waals surface area contributed by atoms with E-state index in [1.54, 1.807) is 13.3 Å². The van der Waals surface area contributed by atoms with Crippen LogP contribution in [0, 0.1) is 0 Å². The molecule has 0 aliphatic heterocycles. The van der Waals surface area contributed by atoms with Gasteiger partial charge >= 0.3 is 0 Å². The minimum atomic E-state index is 0.0205. The van der Waals surface area contributed by atoms with Crippen LogP contribution >= 0.6 is 0 Å². The van der Waals surface area contributed by atoms with Crippen molar-refractivity contribution < 1.29 is 9.84 Å². The van der Waals surface area contributed by atoms with Gasteiger partial charge < -0.3 is 14.7 Å². The molecule has 0 saturated carbocycles. The molecule has 1 N–H and O–H groups in total. The van der Waals surface area contributed by atoms with Crippen molar-refractivity contribution in [3.63, 3.8) is 0 Å². The topological polar surface area (TPSA) is 45.6 Å². The zero-order valence-corrected chi connectivity index (χ0v) is 9.31. The number of likely N-dealkylation sites (N-methyl/N-ethyl adjacent to an activating group) is 1. The van der Waals surface area contributed by atoms with Gasteiger partial charge in [0.1, 0.15) is 5.82 Å². The summed E-state index contributed by atoms with van der Waals surface area (Å²) in [6.07, 6.45) is 1.74. The van der Waals surface area contributed by atoms with Gasteiger partial charge in [-0.2, -0.15) is 0 Å². The molecular formula is C11H18N2O2. The lowest BCUT2D eigenvalue weighted by molar-refractivity contribution is 0.205. The zero-order chi connectivity index (χ0) is 11.1. The maximum Gasteiger partial charge on any atom is 0.134 e. The minimum absolute atomic E-state index is 0.0205. The first kappa shape index (κ1) is 11.9. The summed E-state index contributed by atoms with van der Waals surface area (Å²) in [7, 11) is 1.68. The van der Waals surface area contributed by atoms with E-state index in [1.807, 2.05) is 12.1 Å². The summed E-state index contributed by atoms with van der Waals surface area (Å²) in [5.41, 5.74) is 0.857. The van der Waals surface area contributed by atoms with E-state index in [1.165, 1.54) is 0 Å². The Kier molecular flexibility index (Phi) is 5.07. The minimum Gasteiger partial charge on any atom is -0.392 e. The van der Waals surface area contributed by atoms with Gasteiger partial charge in [-0.1, -0.05) is 6.07 Å². The molecule has 1 heterocycles. The van der Waals surface area contributed by atoms with Gasteiger partial charge in [-0.15, -0.1) is 0 Å². The van der Waals surface area contributed by atoms with E-state index >= 15 is 0 Å². The SMILES string of the molecule is CCN(CCOC)c1ncccc1CO. The van der Waals surface area contributed by atoms with Crippen molar-refractivity contribution in [2.75, 3.05) is 31.7 Å². The van der Waals surface area contributed by atoms with E-state index in [0.717, 1.165) is 24.5 Å². The molecule has 4 nitrogen and oxygen atoms in total. The predicted molar refractivity (Wildman–Crippen MR) is 59.9 cm³/mol. The van der Waals surface area contributed by atoms with Gasteiger partial charge in [0.2, 0.25) is 0 Å². The molecule has 1 rings (SSSR count). The molecule has 0 fully saturated rings. The Labute approximate surface area is 90.5 Å². The standard InChI is InChI=1S/C11H18N2O2/c1-3-13(7-8-15-2)11-10(9-14)5-4-6-12-11/h4-6,14H,3,7-9H2,1-2H3. The summed E-state index contributed by atoms with van der Waals surface area (Å²) in [5, 5.41) is 9.19. The highest BCUT2D eigenvalue weighted by molar-refractivity contribution is 5.46. The van der Waals surface area contributed by atoms with Gasteiger partial charge in [0, 0.05) is 32.0 Å². The van der Waals surface area contributed by atoms with Crippen LogP contribution in [0.2, 0.25) is 0 Å². The highest BCUT2D eigenvalue weighted by Gasteiger charge is 2.09. The van der Waals surface area contributed by atoms with Crippen molar-refractivity contribution in [2.24, 2.45) is 0 Å². The van der Waals surface area contributed by atoms with Crippen molar-refractivity contribution in [3.05, 3.63) is 23.9 Å². The monoisotopic (exact) mass is 210 g/mol. The Morgan fingerprint density at radius 3 is 2.93 bits per heavy atom. The quantitative estimate of drug-likeness (QED) is 0.762. The van der Waals surface area contributed by atoms with Gasteiger partial charge in [0.25, 0.3) is 0 Å². The highest BCUT2D eigenvalue weighted by atomic mass is 16.5. The van der Waals surface area contributed by atoms with Crippen molar-refractivity contribution in [1.82, 2.24) is 4.98 Å². The molecule has 0 aliphatic carbocycles. The average Bonchev–Trinajstić information content (AvgIpc) is 2.30. The Bertz CT molecular complexity index is 292. The zero-order valence-electron chi connectivity index (χ0n) is 9.31. The molecule has 0 saturated heterocycles. The summed E-state index contributed by atoms with van der Waals surface area (Å²) < 4.78 is 5.04. The van der Waals surface area contributed by atoms with E-state index in [4.69, 9.17) is 4.74 Å². The van der Waals surface area contributed by atoms with Gasteiger partial charge in [-0.3, -0.25) is 0 Å². The highest BCUT2D eigenvalue weighted by Crippen LogP contribution is 2.16. The third kappa shape index (κ3) is 3.18. The number of aliphatic hydroxyl groups excluding tert-OH is 1. The maximum absolute atomic E-state index is 9.19. The van der Waals surface area contributed by atoms with Crippen LogP contribution < -0.4 is 4.90 Å². The molecule has 0 amide bonds. The summed E-state index contributed by atoms with van der Waals surface area (Å²) in [6.45, 7) is 4.39. The molecule has 0 atom stereocenters. The van der Waals surface area contributed by atoms with Crippen molar-refractivity contribution in [2.45, 2.75) is 13.5 Å². The molecule has 15 heavy (non-hydrogen) atoms. The Morgan fingerprint density at radius 2 is 2.33 bits per heavy atom. The predicted octanol–water partition coefficient (Wildman–Crippen LogP) is 1.05. The number of rotatable bonds is 6. The number of anilines is 1. The van der Waals surface area contributed by atoms with Crippen LogP contribution in [0.15, 0.2) is 18.3 Å². The first-order chi connectivity index (χ1) is 7.33. The lowest BCUT2D eigenvalue weighted by Crippen LogP contribution is -2.28. The van der Waals surface area contributed by atoms with Crippen LogP contribution in [0.5, 0.6) is 0 Å². The third-order valence-corrected chi connectivity index (χ3v) is 2.28. The van der Waals surface area contributed by atoms with Crippen LogP contribution in [-0.4, -0.2) is 36.9 Å². The third-order valence-electron chi connectivity index (χ3n) is 2.28. The smallest absolute Gasteiger partial charge is 0.134 e. The van der Waals surface area contributed by atoms with Gasteiger partial charge in [-0.25, -0.2) is 4.98 Å². The molecule has 1 aromatic heterocycles. The molecule has 0 spiro atoms. The number of aromatic nitrogens is 1. The number of nitrogens with zero attached hydrogens (tertiary/aromatic N) is 2. The molecule has 0 bridgehead atoms. The number of aliphatic hydroxyl groups is 1. The molecule has 0 unspecified atom stereocenters. The van der Waals surface area contributed by atoms with Gasteiger partial charge in [0.15, 0.2) is 0 Å². The van der Waals surface area contributed by atoms with Crippen molar-refractivity contribution >= 4 is 5.82 Å². The van der Waals surface area contributed by atoms with Gasteiger partial charge in [-0.05, 0) is 13.0 Å². The molecule has 1 aromatic rings. The van der Waals surface area contributed by atoms with Crippen molar-refractivity contribution in [1.29, 1.82) is 0 Å². The fourth-order valence-corrected chi connectivity index (χ4v) is 1.45. The Morgan fingerprint density at radius 1 is 1.53 bits per heavy atom. The molecule has 84 valence electrons. The second kappa shape index (κ2) is 6.37. The largest absolute Gasteiger partial charge is 0.392 e. The average molecular weight is 210 g/mol. The van der Waals surface area contributed by atoms with E-state index in [2.05, 4.69) is 16.8 Å². The Balaban J connectivity index is 2.80. The van der Waals surface area contributed by atoms with Crippen LogP contribution in [0.4, 0.5) is 5.82 Å². The number of hydrogen-bond donors (Lipinski definition) is 1. The summed E-state index contributed by atoms with van der Waals surface area (Å²) in [6, 6.07) is 3.72. The second-order valence-corrected chi connectivity index (χ2v) is 3.22. The fourth-order valence-electron chi connectivity index (χ4n) is 1.45. The van der Waals surface area contributed by atoms with E-state index in [9.17, 15) is 5.11 Å². The van der Waals surface area contributed by atoms with Gasteiger partial charge in [0.05, 0.1) is 13.2 Å². The number of pyridine rings is 1. The molecule has 4 heteroatoms. The second-order valence-electron chi connectivity index (χ2n) is 3.22.